The van der Waals surface area contributed by atoms with Gasteiger partial charge in [0.2, 0.25) is 5.91 Å². The molecular formula is C20H33IN4O4. The summed E-state index contributed by atoms with van der Waals surface area (Å²) in [5, 5.41) is 6.62. The van der Waals surface area contributed by atoms with E-state index in [0.29, 0.717) is 32.1 Å². The number of nitrogens with zero attached hydrogens (tertiary/aromatic N) is 1. The van der Waals surface area contributed by atoms with Crippen LogP contribution >= 0.6 is 24.0 Å². The predicted octanol–water partition coefficient (Wildman–Crippen LogP) is 1.81. The Balaban J connectivity index is 0.00000420. The largest absolute Gasteiger partial charge is 0.497 e. The van der Waals surface area contributed by atoms with Gasteiger partial charge in [-0.15, -0.1) is 24.0 Å². The summed E-state index contributed by atoms with van der Waals surface area (Å²) in [6.07, 6.45) is 1.83. The van der Waals surface area contributed by atoms with Gasteiger partial charge in [-0.1, -0.05) is 12.1 Å². The van der Waals surface area contributed by atoms with Gasteiger partial charge in [0, 0.05) is 26.3 Å². The van der Waals surface area contributed by atoms with E-state index in [4.69, 9.17) is 19.9 Å². The Kier molecular flexibility index (Phi) is 12.6. The van der Waals surface area contributed by atoms with Crippen LogP contribution in [0.15, 0.2) is 29.3 Å². The smallest absolute Gasteiger partial charge is 0.246 e. The maximum Gasteiger partial charge on any atom is 0.246 e. The third-order valence-corrected chi connectivity index (χ3v) is 4.46. The minimum atomic E-state index is -0.481. The number of rotatable bonds is 11. The first-order chi connectivity index (χ1) is 13.6. The zero-order valence-corrected chi connectivity index (χ0v) is 19.5. The maximum atomic E-state index is 11.2. The zero-order chi connectivity index (χ0) is 20.2. The number of nitrogens with one attached hydrogen (secondary N) is 2. The van der Waals surface area contributed by atoms with Crippen LogP contribution in [0, 0.1) is 0 Å². The fourth-order valence-electron chi connectivity index (χ4n) is 2.88. The lowest BCUT2D eigenvalue weighted by atomic mass is 10.2. The molecule has 4 N–H and O–H groups in total. The van der Waals surface area contributed by atoms with E-state index in [1.807, 2.05) is 31.2 Å². The number of halogens is 1. The minimum absolute atomic E-state index is 0. The van der Waals surface area contributed by atoms with Crippen LogP contribution in [0.25, 0.3) is 0 Å². The molecule has 164 valence electrons. The summed E-state index contributed by atoms with van der Waals surface area (Å²) in [5.41, 5.74) is 6.40. The summed E-state index contributed by atoms with van der Waals surface area (Å²) >= 11 is 0. The number of carbonyl (C=O) groups excluding carboxylic acids is 1. The lowest BCUT2D eigenvalue weighted by molar-refractivity contribution is -0.128. The molecule has 1 aliphatic heterocycles. The Labute approximate surface area is 190 Å². The highest BCUT2D eigenvalue weighted by Crippen LogP contribution is 2.18. The van der Waals surface area contributed by atoms with Crippen LogP contribution in [0.2, 0.25) is 0 Å². The molecule has 1 aromatic carbocycles. The first-order valence-electron chi connectivity index (χ1n) is 9.80. The van der Waals surface area contributed by atoms with Gasteiger partial charge >= 0.3 is 0 Å². The van der Waals surface area contributed by atoms with Crippen LogP contribution in [-0.4, -0.2) is 57.5 Å². The van der Waals surface area contributed by atoms with E-state index in [0.717, 1.165) is 37.3 Å². The van der Waals surface area contributed by atoms with Crippen molar-refractivity contribution in [1.29, 1.82) is 0 Å². The number of methoxy groups -OCH3 is 1. The molecule has 0 saturated carbocycles. The van der Waals surface area contributed by atoms with Crippen molar-refractivity contribution in [3.63, 3.8) is 0 Å². The van der Waals surface area contributed by atoms with Crippen LogP contribution in [0.4, 0.5) is 0 Å². The molecule has 29 heavy (non-hydrogen) atoms. The van der Waals surface area contributed by atoms with Crippen LogP contribution in [0.3, 0.4) is 0 Å². The number of hydrogen-bond donors (Lipinski definition) is 3. The second kappa shape index (κ2) is 14.4. The quantitative estimate of drug-likeness (QED) is 0.178. The molecule has 0 bridgehead atoms. The molecule has 0 spiro atoms. The van der Waals surface area contributed by atoms with Gasteiger partial charge in [0.15, 0.2) is 5.96 Å². The lowest BCUT2D eigenvalue weighted by Crippen LogP contribution is -2.42. The average molecular weight is 520 g/mol. The number of primary amides is 1. The highest BCUT2D eigenvalue weighted by atomic mass is 127. The Morgan fingerprint density at radius 3 is 2.66 bits per heavy atom. The molecular weight excluding hydrogens is 487 g/mol. The molecule has 1 aromatic rings. The van der Waals surface area contributed by atoms with E-state index in [-0.39, 0.29) is 30.1 Å². The molecule has 2 rings (SSSR count). The fraction of sp³-hybridized carbons (Fsp3) is 0.600. The van der Waals surface area contributed by atoms with Crippen LogP contribution in [0.5, 0.6) is 5.75 Å². The molecule has 1 amide bonds. The van der Waals surface area contributed by atoms with Crippen molar-refractivity contribution in [2.75, 3.05) is 33.4 Å². The number of amides is 1. The van der Waals surface area contributed by atoms with Crippen molar-refractivity contribution in [1.82, 2.24) is 10.6 Å². The van der Waals surface area contributed by atoms with Crippen LogP contribution in [0.1, 0.15) is 31.7 Å². The summed E-state index contributed by atoms with van der Waals surface area (Å²) in [4.78, 5) is 15.9. The van der Waals surface area contributed by atoms with E-state index in [1.165, 1.54) is 0 Å². The van der Waals surface area contributed by atoms with Gasteiger partial charge in [0.1, 0.15) is 11.9 Å². The Bertz CT molecular complexity index is 627. The van der Waals surface area contributed by atoms with Crippen molar-refractivity contribution in [2.45, 2.75) is 44.9 Å². The number of carbonyl (C=O) groups is 1. The minimum Gasteiger partial charge on any atom is -0.497 e. The van der Waals surface area contributed by atoms with Crippen molar-refractivity contribution < 1.29 is 19.0 Å². The summed E-state index contributed by atoms with van der Waals surface area (Å²) in [6, 6.07) is 7.83. The van der Waals surface area contributed by atoms with Gasteiger partial charge in [-0.2, -0.15) is 0 Å². The van der Waals surface area contributed by atoms with Crippen molar-refractivity contribution in [2.24, 2.45) is 10.7 Å². The maximum absolute atomic E-state index is 11.2. The number of nitrogens with two attached hydrogens (primary N) is 1. The number of benzene rings is 1. The summed E-state index contributed by atoms with van der Waals surface area (Å²) in [5.74, 6) is 1.13. The second-order valence-electron chi connectivity index (χ2n) is 6.60. The number of ether oxygens (including phenoxy) is 3. The Morgan fingerprint density at radius 1 is 1.28 bits per heavy atom. The third kappa shape index (κ3) is 9.64. The van der Waals surface area contributed by atoms with E-state index in [2.05, 4.69) is 15.6 Å². The molecule has 2 unspecified atom stereocenters. The van der Waals surface area contributed by atoms with Gasteiger partial charge in [-0.25, -0.2) is 4.99 Å². The van der Waals surface area contributed by atoms with Gasteiger partial charge < -0.3 is 30.6 Å². The topological polar surface area (TPSA) is 107 Å². The monoisotopic (exact) mass is 520 g/mol. The standard InChI is InChI=1S/C20H32N4O4.HI/c1-3-27-12-4-11-22-20(23-13-15-5-7-16(26-2)8-6-15)24-14-17-9-10-18(28-17)19(21)25;/h5-8,17-18H,3-4,9-14H2,1-2H3,(H2,21,25)(H2,22,23,24);1H. The van der Waals surface area contributed by atoms with Crippen LogP contribution in [-0.2, 0) is 20.8 Å². The molecule has 0 aromatic heterocycles. The number of aliphatic imine (C=N–C) groups is 1. The highest BCUT2D eigenvalue weighted by Gasteiger charge is 2.28. The molecule has 2 atom stereocenters. The first-order valence-corrected chi connectivity index (χ1v) is 9.80. The SMILES string of the molecule is CCOCCCNC(=NCc1ccc(OC)cc1)NCC1CCC(C(N)=O)O1.I. The van der Waals surface area contributed by atoms with Gasteiger partial charge in [-0.05, 0) is 43.9 Å². The van der Waals surface area contributed by atoms with Crippen molar-refractivity contribution in [3.8, 4) is 5.75 Å². The summed E-state index contributed by atoms with van der Waals surface area (Å²) < 4.78 is 16.2. The molecule has 1 saturated heterocycles. The molecule has 9 heteroatoms. The van der Waals surface area contributed by atoms with Crippen molar-refractivity contribution >= 4 is 35.8 Å². The Hall–Kier alpha value is -1.59. The fourth-order valence-corrected chi connectivity index (χ4v) is 2.88. The molecule has 1 heterocycles. The molecule has 0 aliphatic carbocycles. The molecule has 8 nitrogen and oxygen atoms in total. The summed E-state index contributed by atoms with van der Waals surface area (Å²) in [7, 11) is 1.65. The normalized spacial score (nSPS) is 18.8. The van der Waals surface area contributed by atoms with Gasteiger partial charge in [0.25, 0.3) is 0 Å². The van der Waals surface area contributed by atoms with E-state index < -0.39 is 12.0 Å². The number of guanidine groups is 1. The van der Waals surface area contributed by atoms with Crippen LogP contribution < -0.4 is 21.1 Å². The summed E-state index contributed by atoms with van der Waals surface area (Å²) in [6.45, 7) is 5.28. The first kappa shape index (κ1) is 25.4. The molecule has 1 fully saturated rings. The van der Waals surface area contributed by atoms with Gasteiger partial charge in [0.05, 0.1) is 19.8 Å². The highest BCUT2D eigenvalue weighted by molar-refractivity contribution is 14.0. The zero-order valence-electron chi connectivity index (χ0n) is 17.2. The second-order valence-corrected chi connectivity index (χ2v) is 6.60. The average Bonchev–Trinajstić information content (AvgIpc) is 3.19. The van der Waals surface area contributed by atoms with Gasteiger partial charge in [-0.3, -0.25) is 4.79 Å². The molecule has 0 radical (unpaired) electrons. The third-order valence-electron chi connectivity index (χ3n) is 4.46. The van der Waals surface area contributed by atoms with E-state index in [9.17, 15) is 4.79 Å². The van der Waals surface area contributed by atoms with Crippen molar-refractivity contribution in [3.05, 3.63) is 29.8 Å². The Morgan fingerprint density at radius 2 is 2.03 bits per heavy atom. The molecule has 1 aliphatic rings. The predicted molar refractivity (Wildman–Crippen MR) is 124 cm³/mol. The van der Waals surface area contributed by atoms with E-state index in [1.54, 1.807) is 7.11 Å². The van der Waals surface area contributed by atoms with E-state index >= 15 is 0 Å². The lowest BCUT2D eigenvalue weighted by Gasteiger charge is -2.16. The number of hydrogen-bond acceptors (Lipinski definition) is 5.